The van der Waals surface area contributed by atoms with Crippen LogP contribution in [-0.4, -0.2) is 19.0 Å². The molecule has 1 rings (SSSR count). The minimum atomic E-state index is 0.0127. The minimum absolute atomic E-state index is 0.0127. The van der Waals surface area contributed by atoms with Gasteiger partial charge in [0, 0.05) is 0 Å². The third-order valence-corrected chi connectivity index (χ3v) is 1.30. The summed E-state index contributed by atoms with van der Waals surface area (Å²) in [5.74, 6) is 0. The third-order valence-electron chi connectivity index (χ3n) is 1.30. The van der Waals surface area contributed by atoms with E-state index in [4.69, 9.17) is 9.47 Å². The molecule has 2 atom stereocenters. The first-order valence-corrected chi connectivity index (χ1v) is 6.06. The van der Waals surface area contributed by atoms with E-state index in [1.165, 1.54) is 0 Å². The lowest BCUT2D eigenvalue weighted by atomic mass is 10.3. The molecule has 0 amide bonds. The first kappa shape index (κ1) is 19.5. The second-order valence-electron chi connectivity index (χ2n) is 2.17. The van der Waals surface area contributed by atoms with E-state index in [1.54, 1.807) is 0 Å². The van der Waals surface area contributed by atoms with Crippen LogP contribution in [0.2, 0.25) is 0 Å². The van der Waals surface area contributed by atoms with Crippen LogP contribution in [0.5, 0.6) is 0 Å². The van der Waals surface area contributed by atoms with Crippen LogP contribution in [0.4, 0.5) is 0 Å². The average molecular weight is 206 g/mol. The Morgan fingerprint density at radius 1 is 0.857 bits per heavy atom. The van der Waals surface area contributed by atoms with E-state index in [0.717, 1.165) is 13.0 Å². The normalized spacial score (nSPS) is 24.0. The second kappa shape index (κ2) is 18.7. The summed E-state index contributed by atoms with van der Waals surface area (Å²) in [7, 11) is 0. The maximum Gasteiger partial charge on any atom is 0.155 e. The summed E-state index contributed by atoms with van der Waals surface area (Å²) < 4.78 is 10.4. The van der Waals surface area contributed by atoms with Gasteiger partial charge >= 0.3 is 0 Å². The standard InChI is InChI=1S/C6H12O2.3C2H6/c1-5-3-4-7-6(2)8-5;3*1-2/h5-6H,3-4H2,1-2H3;3*1-2H3. The minimum Gasteiger partial charge on any atom is -0.353 e. The zero-order valence-corrected chi connectivity index (χ0v) is 11.4. The first-order valence-electron chi connectivity index (χ1n) is 6.06. The van der Waals surface area contributed by atoms with E-state index in [1.807, 2.05) is 48.5 Å². The lowest BCUT2D eigenvalue weighted by molar-refractivity contribution is -0.197. The van der Waals surface area contributed by atoms with E-state index in [9.17, 15) is 0 Å². The number of hydrogen-bond donors (Lipinski definition) is 0. The van der Waals surface area contributed by atoms with Gasteiger partial charge in [0.25, 0.3) is 0 Å². The largest absolute Gasteiger partial charge is 0.353 e. The van der Waals surface area contributed by atoms with Crippen LogP contribution in [-0.2, 0) is 9.47 Å². The fourth-order valence-corrected chi connectivity index (χ4v) is 0.834. The summed E-state index contributed by atoms with van der Waals surface area (Å²) in [5, 5.41) is 0. The van der Waals surface area contributed by atoms with Gasteiger partial charge in [-0.05, 0) is 20.3 Å². The molecule has 0 spiro atoms. The highest BCUT2D eigenvalue weighted by Gasteiger charge is 2.13. The van der Waals surface area contributed by atoms with Crippen LogP contribution in [0.3, 0.4) is 0 Å². The summed E-state index contributed by atoms with van der Waals surface area (Å²) in [5.41, 5.74) is 0. The van der Waals surface area contributed by atoms with Gasteiger partial charge in [-0.1, -0.05) is 41.5 Å². The molecule has 0 aromatic rings. The molecular weight excluding hydrogens is 176 g/mol. The summed E-state index contributed by atoms with van der Waals surface area (Å²) in [6.45, 7) is 16.8. The maximum absolute atomic E-state index is 5.26. The van der Waals surface area contributed by atoms with Gasteiger partial charge in [-0.2, -0.15) is 0 Å². The first-order chi connectivity index (χ1) is 6.79. The van der Waals surface area contributed by atoms with Crippen molar-refractivity contribution in [3.05, 3.63) is 0 Å². The Kier molecular flexibility index (Phi) is 26.0. The van der Waals surface area contributed by atoms with Crippen LogP contribution in [0.15, 0.2) is 0 Å². The van der Waals surface area contributed by atoms with Gasteiger partial charge in [-0.3, -0.25) is 0 Å². The van der Waals surface area contributed by atoms with Crippen molar-refractivity contribution in [2.75, 3.05) is 6.61 Å². The second-order valence-corrected chi connectivity index (χ2v) is 2.17. The molecule has 1 heterocycles. The van der Waals surface area contributed by atoms with Gasteiger partial charge in [0.15, 0.2) is 6.29 Å². The van der Waals surface area contributed by atoms with Crippen LogP contribution in [0.25, 0.3) is 0 Å². The molecule has 0 saturated carbocycles. The van der Waals surface area contributed by atoms with Crippen molar-refractivity contribution in [2.24, 2.45) is 0 Å². The molecule has 0 aromatic carbocycles. The molecule has 0 bridgehead atoms. The zero-order chi connectivity index (χ0) is 12.0. The molecular formula is C12H30O2. The fourth-order valence-electron chi connectivity index (χ4n) is 0.834. The Balaban J connectivity index is -0.000000174. The molecule has 1 saturated heterocycles. The summed E-state index contributed by atoms with van der Waals surface area (Å²) in [6, 6.07) is 0. The molecule has 0 radical (unpaired) electrons. The summed E-state index contributed by atoms with van der Waals surface area (Å²) in [4.78, 5) is 0. The van der Waals surface area contributed by atoms with Gasteiger partial charge in [-0.15, -0.1) is 0 Å². The van der Waals surface area contributed by atoms with E-state index >= 15 is 0 Å². The Bertz CT molecular complexity index is 66.7. The van der Waals surface area contributed by atoms with Crippen LogP contribution < -0.4 is 0 Å². The molecule has 1 aliphatic heterocycles. The van der Waals surface area contributed by atoms with E-state index in [0.29, 0.717) is 6.10 Å². The van der Waals surface area contributed by atoms with Crippen molar-refractivity contribution >= 4 is 0 Å². The molecule has 14 heavy (non-hydrogen) atoms. The quantitative estimate of drug-likeness (QED) is 0.590. The Morgan fingerprint density at radius 3 is 1.50 bits per heavy atom. The van der Waals surface area contributed by atoms with Crippen molar-refractivity contribution in [3.8, 4) is 0 Å². The van der Waals surface area contributed by atoms with Crippen molar-refractivity contribution < 1.29 is 9.47 Å². The Morgan fingerprint density at radius 2 is 1.29 bits per heavy atom. The van der Waals surface area contributed by atoms with E-state index in [-0.39, 0.29) is 6.29 Å². The predicted octanol–water partition coefficient (Wildman–Crippen LogP) is 4.24. The topological polar surface area (TPSA) is 18.5 Å². The number of ether oxygens (including phenoxy) is 2. The van der Waals surface area contributed by atoms with Gasteiger partial charge in [-0.25, -0.2) is 0 Å². The van der Waals surface area contributed by atoms with Gasteiger partial charge < -0.3 is 9.47 Å². The lowest BCUT2D eigenvalue weighted by Crippen LogP contribution is -2.27. The predicted molar refractivity (Wildman–Crippen MR) is 64.6 cm³/mol. The van der Waals surface area contributed by atoms with E-state index in [2.05, 4.69) is 6.92 Å². The molecule has 0 aromatic heterocycles. The molecule has 2 nitrogen and oxygen atoms in total. The average Bonchev–Trinajstić information content (AvgIpc) is 2.26. The zero-order valence-electron chi connectivity index (χ0n) is 11.4. The summed E-state index contributed by atoms with van der Waals surface area (Å²) >= 11 is 0. The lowest BCUT2D eigenvalue weighted by Gasteiger charge is -2.24. The molecule has 2 heteroatoms. The van der Waals surface area contributed by atoms with Crippen molar-refractivity contribution in [1.29, 1.82) is 0 Å². The molecule has 90 valence electrons. The van der Waals surface area contributed by atoms with Crippen LogP contribution >= 0.6 is 0 Å². The van der Waals surface area contributed by atoms with Crippen LogP contribution in [0.1, 0.15) is 61.8 Å². The highest BCUT2D eigenvalue weighted by molar-refractivity contribution is 4.54. The van der Waals surface area contributed by atoms with Gasteiger partial charge in [0.1, 0.15) is 0 Å². The molecule has 0 N–H and O–H groups in total. The Labute approximate surface area is 91.0 Å². The monoisotopic (exact) mass is 206 g/mol. The molecule has 1 aliphatic rings. The number of hydrogen-bond acceptors (Lipinski definition) is 2. The summed E-state index contributed by atoms with van der Waals surface area (Å²) in [6.07, 6.45) is 1.43. The fraction of sp³-hybridized carbons (Fsp3) is 1.00. The van der Waals surface area contributed by atoms with Crippen molar-refractivity contribution in [1.82, 2.24) is 0 Å². The van der Waals surface area contributed by atoms with Gasteiger partial charge in [0.2, 0.25) is 0 Å². The third kappa shape index (κ3) is 14.4. The highest BCUT2D eigenvalue weighted by atomic mass is 16.7. The number of rotatable bonds is 0. The van der Waals surface area contributed by atoms with Crippen LogP contribution in [0, 0.1) is 0 Å². The van der Waals surface area contributed by atoms with Crippen molar-refractivity contribution in [3.63, 3.8) is 0 Å². The molecule has 2 unspecified atom stereocenters. The molecule has 0 aliphatic carbocycles. The SMILES string of the molecule is CC.CC.CC.CC1CCOC(C)O1. The maximum atomic E-state index is 5.26. The van der Waals surface area contributed by atoms with E-state index < -0.39 is 0 Å². The van der Waals surface area contributed by atoms with Crippen molar-refractivity contribution in [2.45, 2.75) is 74.2 Å². The highest BCUT2D eigenvalue weighted by Crippen LogP contribution is 2.09. The smallest absolute Gasteiger partial charge is 0.155 e. The molecule has 1 fully saturated rings. The Hall–Kier alpha value is -0.0800. The van der Waals surface area contributed by atoms with Gasteiger partial charge in [0.05, 0.1) is 12.7 Å².